The molecule has 1 saturated heterocycles. The van der Waals surface area contributed by atoms with Gasteiger partial charge in [-0.1, -0.05) is 0 Å². The number of hydrogen-bond donors (Lipinski definition) is 1. The molecule has 0 amide bonds. The molecule has 1 aliphatic heterocycles. The molecule has 5 nitrogen and oxygen atoms in total. The average molecular weight is 301 g/mol. The molecule has 0 bridgehead atoms. The Morgan fingerprint density at radius 2 is 2.35 bits per heavy atom. The molecule has 6 heteroatoms. The Morgan fingerprint density at radius 3 is 3.00 bits per heavy atom. The molecule has 94 valence electrons. The number of aromatic nitrogens is 2. The third kappa shape index (κ3) is 2.94. The molecule has 0 spiro atoms. The number of rotatable bonds is 3. The predicted molar refractivity (Wildman–Crippen MR) is 70.0 cm³/mol. The van der Waals surface area contributed by atoms with Crippen molar-refractivity contribution in [3.8, 4) is 0 Å². The van der Waals surface area contributed by atoms with E-state index < -0.39 is 0 Å². The summed E-state index contributed by atoms with van der Waals surface area (Å²) in [7, 11) is 4.08. The number of halogens is 1. The van der Waals surface area contributed by atoms with Crippen molar-refractivity contribution in [1.82, 2.24) is 14.9 Å². The van der Waals surface area contributed by atoms with Gasteiger partial charge in [0, 0.05) is 25.3 Å². The molecular formula is C11H17BrN4O. The van der Waals surface area contributed by atoms with Crippen molar-refractivity contribution in [2.75, 3.05) is 32.1 Å². The van der Waals surface area contributed by atoms with Crippen molar-refractivity contribution in [3.63, 3.8) is 0 Å². The maximum absolute atomic E-state index is 9.82. The number of aliphatic hydroxyl groups excluding tert-OH is 1. The van der Waals surface area contributed by atoms with Crippen molar-refractivity contribution < 1.29 is 5.11 Å². The van der Waals surface area contributed by atoms with Gasteiger partial charge >= 0.3 is 0 Å². The van der Waals surface area contributed by atoms with E-state index in [1.54, 1.807) is 6.20 Å². The first-order chi connectivity index (χ1) is 8.08. The van der Waals surface area contributed by atoms with E-state index in [2.05, 4.69) is 35.7 Å². The standard InChI is InChI=1S/C11H17BrN4O/c1-15(2)5-8-3-9(17)6-16(8)11-10(12)4-13-7-14-11/h4,7-9,17H,3,5-6H2,1-2H3. The Bertz CT molecular complexity index is 387. The molecule has 0 radical (unpaired) electrons. The molecule has 1 N–H and O–H groups in total. The minimum Gasteiger partial charge on any atom is -0.391 e. The zero-order valence-electron chi connectivity index (χ0n) is 10.0. The van der Waals surface area contributed by atoms with Crippen LogP contribution in [0.25, 0.3) is 0 Å². The highest BCUT2D eigenvalue weighted by Crippen LogP contribution is 2.29. The molecule has 1 fully saturated rings. The summed E-state index contributed by atoms with van der Waals surface area (Å²) in [6.07, 6.45) is 3.79. The lowest BCUT2D eigenvalue weighted by Crippen LogP contribution is -2.38. The monoisotopic (exact) mass is 300 g/mol. The van der Waals surface area contributed by atoms with E-state index in [0.29, 0.717) is 12.6 Å². The SMILES string of the molecule is CN(C)CC1CC(O)CN1c1ncncc1Br. The van der Waals surface area contributed by atoms with Gasteiger partial charge in [-0.2, -0.15) is 0 Å². The normalized spacial score (nSPS) is 24.6. The van der Waals surface area contributed by atoms with Crippen LogP contribution in [0.1, 0.15) is 6.42 Å². The van der Waals surface area contributed by atoms with Gasteiger partial charge in [-0.3, -0.25) is 0 Å². The zero-order valence-corrected chi connectivity index (χ0v) is 11.6. The van der Waals surface area contributed by atoms with E-state index >= 15 is 0 Å². The molecule has 1 aromatic rings. The minimum absolute atomic E-state index is 0.276. The molecule has 2 unspecified atom stereocenters. The molecule has 2 rings (SSSR count). The summed E-state index contributed by atoms with van der Waals surface area (Å²) in [6.45, 7) is 1.54. The van der Waals surface area contributed by atoms with Crippen molar-refractivity contribution >= 4 is 21.7 Å². The van der Waals surface area contributed by atoms with Gasteiger partial charge in [-0.25, -0.2) is 9.97 Å². The molecule has 2 heterocycles. The Balaban J connectivity index is 2.21. The third-order valence-corrected chi connectivity index (χ3v) is 3.45. The van der Waals surface area contributed by atoms with Crippen molar-refractivity contribution in [1.29, 1.82) is 0 Å². The van der Waals surface area contributed by atoms with Gasteiger partial charge < -0.3 is 14.9 Å². The Morgan fingerprint density at radius 1 is 1.59 bits per heavy atom. The van der Waals surface area contributed by atoms with E-state index in [0.717, 1.165) is 23.3 Å². The summed E-state index contributed by atoms with van der Waals surface area (Å²) in [5, 5.41) is 9.82. The molecule has 0 saturated carbocycles. The van der Waals surface area contributed by atoms with Crippen molar-refractivity contribution in [3.05, 3.63) is 17.0 Å². The van der Waals surface area contributed by atoms with Crippen molar-refractivity contribution in [2.24, 2.45) is 0 Å². The maximum Gasteiger partial charge on any atom is 0.146 e. The quantitative estimate of drug-likeness (QED) is 0.892. The molecule has 1 aromatic heterocycles. The second kappa shape index (κ2) is 5.29. The number of β-amino-alcohol motifs (C(OH)–C–C–N with tert-alkyl or cyclic N) is 1. The smallest absolute Gasteiger partial charge is 0.146 e. The van der Waals surface area contributed by atoms with Gasteiger partial charge in [-0.15, -0.1) is 0 Å². The van der Waals surface area contributed by atoms with Gasteiger partial charge in [0.15, 0.2) is 0 Å². The summed E-state index contributed by atoms with van der Waals surface area (Å²) in [6, 6.07) is 0.297. The first-order valence-electron chi connectivity index (χ1n) is 5.63. The first kappa shape index (κ1) is 12.7. The predicted octanol–water partition coefficient (Wildman–Crippen LogP) is 0.740. The van der Waals surface area contributed by atoms with Gasteiger partial charge in [0.05, 0.1) is 10.6 Å². The molecule has 2 atom stereocenters. The number of anilines is 1. The second-order valence-corrected chi connectivity index (χ2v) is 5.51. The van der Waals surface area contributed by atoms with Crippen molar-refractivity contribution in [2.45, 2.75) is 18.6 Å². The summed E-state index contributed by atoms with van der Waals surface area (Å²) < 4.78 is 0.873. The van der Waals surface area contributed by atoms with Crippen LogP contribution in [0, 0.1) is 0 Å². The summed E-state index contributed by atoms with van der Waals surface area (Å²) in [4.78, 5) is 12.5. The summed E-state index contributed by atoms with van der Waals surface area (Å²) in [5.74, 6) is 0.864. The topological polar surface area (TPSA) is 52.5 Å². The molecule has 0 aromatic carbocycles. The van der Waals surface area contributed by atoms with Crippen LogP contribution in [0.5, 0.6) is 0 Å². The lowest BCUT2D eigenvalue weighted by molar-refractivity contribution is 0.191. The fourth-order valence-electron chi connectivity index (χ4n) is 2.26. The fraction of sp³-hybridized carbons (Fsp3) is 0.636. The van der Waals surface area contributed by atoms with Crippen LogP contribution < -0.4 is 4.90 Å². The van der Waals surface area contributed by atoms with Crippen LogP contribution in [-0.2, 0) is 0 Å². The largest absolute Gasteiger partial charge is 0.391 e. The number of likely N-dealkylation sites (N-methyl/N-ethyl adjacent to an activating group) is 1. The van der Waals surface area contributed by atoms with Crippen LogP contribution in [0.3, 0.4) is 0 Å². The second-order valence-electron chi connectivity index (χ2n) is 4.65. The highest BCUT2D eigenvalue weighted by atomic mass is 79.9. The maximum atomic E-state index is 9.82. The van der Waals surface area contributed by atoms with Crippen LogP contribution in [0.2, 0.25) is 0 Å². The van der Waals surface area contributed by atoms with Crippen LogP contribution in [-0.4, -0.2) is 59.3 Å². The fourth-order valence-corrected chi connectivity index (χ4v) is 2.71. The highest BCUT2D eigenvalue weighted by molar-refractivity contribution is 9.10. The summed E-state index contributed by atoms with van der Waals surface area (Å²) in [5.41, 5.74) is 0. The molecule has 1 aliphatic rings. The number of nitrogens with zero attached hydrogens (tertiary/aromatic N) is 4. The van der Waals surface area contributed by atoms with Gasteiger partial charge in [0.2, 0.25) is 0 Å². The van der Waals surface area contributed by atoms with Crippen LogP contribution >= 0.6 is 15.9 Å². The number of aliphatic hydroxyl groups is 1. The minimum atomic E-state index is -0.276. The average Bonchev–Trinajstić information content (AvgIpc) is 2.59. The zero-order chi connectivity index (χ0) is 12.4. The van der Waals surface area contributed by atoms with Gasteiger partial charge in [-0.05, 0) is 36.4 Å². The molecule has 0 aliphatic carbocycles. The molecular weight excluding hydrogens is 284 g/mol. The molecule has 17 heavy (non-hydrogen) atoms. The Labute approximate surface area is 110 Å². The first-order valence-corrected chi connectivity index (χ1v) is 6.42. The lowest BCUT2D eigenvalue weighted by Gasteiger charge is -2.28. The Kier molecular flexibility index (Phi) is 3.96. The lowest BCUT2D eigenvalue weighted by atomic mass is 10.2. The summed E-state index contributed by atoms with van der Waals surface area (Å²) >= 11 is 3.46. The van der Waals surface area contributed by atoms with E-state index in [1.807, 2.05) is 14.1 Å². The van der Waals surface area contributed by atoms with Crippen LogP contribution in [0.4, 0.5) is 5.82 Å². The van der Waals surface area contributed by atoms with E-state index in [9.17, 15) is 5.11 Å². The van der Waals surface area contributed by atoms with E-state index in [1.165, 1.54) is 6.33 Å². The van der Waals surface area contributed by atoms with Gasteiger partial charge in [0.25, 0.3) is 0 Å². The highest BCUT2D eigenvalue weighted by Gasteiger charge is 2.32. The van der Waals surface area contributed by atoms with Crippen LogP contribution in [0.15, 0.2) is 17.0 Å². The third-order valence-electron chi connectivity index (χ3n) is 2.89. The van der Waals surface area contributed by atoms with Gasteiger partial charge in [0.1, 0.15) is 12.1 Å². The number of hydrogen-bond acceptors (Lipinski definition) is 5. The Hall–Kier alpha value is -0.720. The van der Waals surface area contributed by atoms with E-state index in [4.69, 9.17) is 0 Å². The van der Waals surface area contributed by atoms with E-state index in [-0.39, 0.29) is 6.10 Å².